The van der Waals surface area contributed by atoms with E-state index in [1.807, 2.05) is 30.5 Å². The number of rotatable bonds is 4. The number of carbonyl (C=O) groups is 1. The van der Waals surface area contributed by atoms with Crippen LogP contribution in [0.5, 0.6) is 0 Å². The van der Waals surface area contributed by atoms with Crippen LogP contribution < -0.4 is 5.32 Å². The number of nitrogens with one attached hydrogen (secondary N) is 2. The van der Waals surface area contributed by atoms with Gasteiger partial charge in [0.05, 0.1) is 6.04 Å². The van der Waals surface area contributed by atoms with Crippen LogP contribution >= 0.6 is 0 Å². The van der Waals surface area contributed by atoms with Gasteiger partial charge in [0.1, 0.15) is 5.65 Å². The summed E-state index contributed by atoms with van der Waals surface area (Å²) in [5, 5.41) is 4.07. The molecule has 2 aromatic carbocycles. The maximum Gasteiger partial charge on any atom is 0.263 e. The molecule has 1 aliphatic rings. The van der Waals surface area contributed by atoms with E-state index < -0.39 is 6.43 Å². The Hall–Kier alpha value is -3.54. The van der Waals surface area contributed by atoms with Crippen molar-refractivity contribution in [2.24, 2.45) is 0 Å². The van der Waals surface area contributed by atoms with Crippen LogP contribution in [0.3, 0.4) is 0 Å². The lowest BCUT2D eigenvalue weighted by Crippen LogP contribution is -2.27. The lowest BCUT2D eigenvalue weighted by atomic mass is 10.0. The van der Waals surface area contributed by atoms with Gasteiger partial charge >= 0.3 is 0 Å². The molecule has 4 nitrogen and oxygen atoms in total. The minimum absolute atomic E-state index is 0.0314. The molecular formula is C24H19F2N3O. The third-order valence-electron chi connectivity index (χ3n) is 5.72. The highest BCUT2D eigenvalue weighted by Gasteiger charge is 2.25. The van der Waals surface area contributed by atoms with Gasteiger partial charge in [-0.25, -0.2) is 13.8 Å². The van der Waals surface area contributed by atoms with E-state index in [1.54, 1.807) is 30.5 Å². The number of fused-ring (bicyclic) bond motifs is 2. The number of hydrogen-bond acceptors (Lipinski definition) is 2. The molecule has 1 aliphatic carbocycles. The number of aromatic amines is 1. The van der Waals surface area contributed by atoms with Gasteiger partial charge in [-0.15, -0.1) is 0 Å². The van der Waals surface area contributed by atoms with E-state index in [0.29, 0.717) is 18.4 Å². The summed E-state index contributed by atoms with van der Waals surface area (Å²) in [6.45, 7) is 0. The first kappa shape index (κ1) is 18.5. The highest BCUT2D eigenvalue weighted by Crippen LogP contribution is 2.34. The zero-order valence-corrected chi connectivity index (χ0v) is 16.0. The Morgan fingerprint density at radius 1 is 1.10 bits per heavy atom. The van der Waals surface area contributed by atoms with Crippen molar-refractivity contribution >= 4 is 16.9 Å². The molecule has 4 aromatic rings. The molecule has 0 saturated heterocycles. The molecule has 0 spiro atoms. The van der Waals surface area contributed by atoms with Crippen molar-refractivity contribution < 1.29 is 13.6 Å². The smallest absolute Gasteiger partial charge is 0.263 e. The van der Waals surface area contributed by atoms with Gasteiger partial charge in [-0.3, -0.25) is 4.79 Å². The number of aromatic nitrogens is 2. The quantitative estimate of drug-likeness (QED) is 0.467. The fraction of sp³-hybridized carbons (Fsp3) is 0.167. The summed E-state index contributed by atoms with van der Waals surface area (Å²) in [4.78, 5) is 20.2. The van der Waals surface area contributed by atoms with Gasteiger partial charge in [0.15, 0.2) is 0 Å². The fourth-order valence-electron chi connectivity index (χ4n) is 4.18. The van der Waals surface area contributed by atoms with Crippen LogP contribution in [-0.4, -0.2) is 15.9 Å². The maximum atomic E-state index is 12.9. The average molecular weight is 403 g/mol. The van der Waals surface area contributed by atoms with Crippen molar-refractivity contribution in [3.8, 4) is 11.1 Å². The SMILES string of the molecule is O=C(N[C@@H]1CCc2cc(C(F)F)ccc21)c1ccc(-c2ccnc3[nH]ccc23)cc1. The third kappa shape index (κ3) is 3.24. The number of nitrogens with zero attached hydrogens (tertiary/aromatic N) is 1. The van der Waals surface area contributed by atoms with Crippen LogP contribution in [0.15, 0.2) is 67.0 Å². The van der Waals surface area contributed by atoms with E-state index in [0.717, 1.165) is 33.3 Å². The van der Waals surface area contributed by atoms with Crippen LogP contribution in [-0.2, 0) is 6.42 Å². The number of benzene rings is 2. The number of pyridine rings is 1. The van der Waals surface area contributed by atoms with Crippen molar-refractivity contribution in [2.45, 2.75) is 25.3 Å². The largest absolute Gasteiger partial charge is 0.346 e. The van der Waals surface area contributed by atoms with Crippen LogP contribution in [0.4, 0.5) is 8.78 Å². The molecule has 0 aliphatic heterocycles. The number of H-pyrrole nitrogens is 1. The summed E-state index contributed by atoms with van der Waals surface area (Å²) in [6, 6.07) is 15.9. The minimum Gasteiger partial charge on any atom is -0.346 e. The van der Waals surface area contributed by atoms with E-state index in [-0.39, 0.29) is 17.5 Å². The van der Waals surface area contributed by atoms with Crippen molar-refractivity contribution in [1.29, 1.82) is 0 Å². The van der Waals surface area contributed by atoms with Gasteiger partial charge in [-0.05, 0) is 65.4 Å². The molecule has 1 amide bonds. The van der Waals surface area contributed by atoms with Gasteiger partial charge in [0, 0.05) is 28.9 Å². The van der Waals surface area contributed by atoms with Gasteiger partial charge in [-0.1, -0.05) is 24.3 Å². The van der Waals surface area contributed by atoms with E-state index in [1.165, 1.54) is 6.07 Å². The zero-order valence-electron chi connectivity index (χ0n) is 16.0. The number of halogens is 2. The molecule has 150 valence electrons. The Kier molecular flexibility index (Phi) is 4.54. The predicted octanol–water partition coefficient (Wildman–Crippen LogP) is 5.58. The second-order valence-electron chi connectivity index (χ2n) is 7.50. The van der Waals surface area contributed by atoms with E-state index in [4.69, 9.17) is 0 Å². The lowest BCUT2D eigenvalue weighted by molar-refractivity contribution is 0.0936. The first-order valence-corrected chi connectivity index (χ1v) is 9.84. The van der Waals surface area contributed by atoms with Gasteiger partial charge in [0.2, 0.25) is 0 Å². The highest BCUT2D eigenvalue weighted by atomic mass is 19.3. The summed E-state index contributed by atoms with van der Waals surface area (Å²) >= 11 is 0. The Morgan fingerprint density at radius 3 is 2.73 bits per heavy atom. The summed E-state index contributed by atoms with van der Waals surface area (Å²) < 4.78 is 25.8. The topological polar surface area (TPSA) is 57.8 Å². The maximum absolute atomic E-state index is 12.9. The number of aryl methyl sites for hydroxylation is 1. The predicted molar refractivity (Wildman–Crippen MR) is 111 cm³/mol. The summed E-state index contributed by atoms with van der Waals surface area (Å²) in [7, 11) is 0. The third-order valence-corrected chi connectivity index (χ3v) is 5.72. The second-order valence-corrected chi connectivity index (χ2v) is 7.50. The Bertz CT molecular complexity index is 1230. The molecule has 5 rings (SSSR count). The second kappa shape index (κ2) is 7.37. The molecule has 1 atom stereocenters. The molecule has 2 aromatic heterocycles. The van der Waals surface area contributed by atoms with Crippen molar-refractivity contribution in [3.05, 3.63) is 89.2 Å². The normalized spacial score (nSPS) is 15.5. The van der Waals surface area contributed by atoms with Crippen molar-refractivity contribution in [2.75, 3.05) is 0 Å². The Labute approximate surface area is 172 Å². The van der Waals surface area contributed by atoms with Crippen LogP contribution in [0.2, 0.25) is 0 Å². The summed E-state index contributed by atoms with van der Waals surface area (Å²) in [5.41, 5.74) is 5.29. The summed E-state index contributed by atoms with van der Waals surface area (Å²) in [6.07, 6.45) is 2.54. The summed E-state index contributed by atoms with van der Waals surface area (Å²) in [5.74, 6) is -0.168. The zero-order chi connectivity index (χ0) is 20.7. The molecule has 0 bridgehead atoms. The van der Waals surface area contributed by atoms with E-state index >= 15 is 0 Å². The standard InChI is InChI=1S/C24H19F2N3O/c25-22(26)17-5-7-19-16(13-17)6-8-21(19)29-24(30)15-3-1-14(2-4-15)18-9-11-27-23-20(18)10-12-28-23/h1-5,7,9-13,21-22H,6,8H2,(H,27,28)(H,29,30)/t21-/m1/s1. The lowest BCUT2D eigenvalue weighted by Gasteiger charge is -2.15. The molecule has 2 heterocycles. The van der Waals surface area contributed by atoms with E-state index in [2.05, 4.69) is 15.3 Å². The first-order valence-electron chi connectivity index (χ1n) is 9.84. The average Bonchev–Trinajstić information content (AvgIpc) is 3.40. The van der Waals surface area contributed by atoms with Gasteiger partial charge in [-0.2, -0.15) is 0 Å². The fourth-order valence-corrected chi connectivity index (χ4v) is 4.18. The molecule has 30 heavy (non-hydrogen) atoms. The number of carbonyl (C=O) groups excluding carboxylic acids is 1. The monoisotopic (exact) mass is 403 g/mol. The minimum atomic E-state index is -2.48. The number of amides is 1. The van der Waals surface area contributed by atoms with Crippen LogP contribution in [0, 0.1) is 0 Å². The van der Waals surface area contributed by atoms with Crippen molar-refractivity contribution in [3.63, 3.8) is 0 Å². The molecule has 0 unspecified atom stereocenters. The molecule has 0 radical (unpaired) electrons. The van der Waals surface area contributed by atoms with Crippen molar-refractivity contribution in [1.82, 2.24) is 15.3 Å². The van der Waals surface area contributed by atoms with Gasteiger partial charge in [0.25, 0.3) is 12.3 Å². The number of alkyl halides is 2. The molecule has 6 heteroatoms. The van der Waals surface area contributed by atoms with E-state index in [9.17, 15) is 13.6 Å². The van der Waals surface area contributed by atoms with Gasteiger partial charge < -0.3 is 10.3 Å². The van der Waals surface area contributed by atoms with Crippen LogP contribution in [0.25, 0.3) is 22.2 Å². The molecular weight excluding hydrogens is 384 g/mol. The Morgan fingerprint density at radius 2 is 1.93 bits per heavy atom. The first-order chi connectivity index (χ1) is 14.6. The highest BCUT2D eigenvalue weighted by molar-refractivity contribution is 5.96. The Balaban J connectivity index is 1.34. The molecule has 0 saturated carbocycles. The van der Waals surface area contributed by atoms with Crippen LogP contribution in [0.1, 0.15) is 45.9 Å². The molecule has 2 N–H and O–H groups in total. The molecule has 0 fully saturated rings. The number of hydrogen-bond donors (Lipinski definition) is 2.